The molecule has 0 fully saturated rings. The molecular weight excluding hydrogens is 202 g/mol. The quantitative estimate of drug-likeness (QED) is 0.726. The van der Waals surface area contributed by atoms with Gasteiger partial charge in [0.2, 0.25) is 0 Å². The zero-order valence-corrected chi connectivity index (χ0v) is 12.4. The predicted octanol–water partition coefficient (Wildman–Crippen LogP) is 5.15. The number of hydrogen-bond acceptors (Lipinski definition) is 2. The van der Waals surface area contributed by atoms with E-state index in [2.05, 4.69) is 40.3 Å². The van der Waals surface area contributed by atoms with Crippen LogP contribution in [-0.2, 0) is 0 Å². The molecule has 0 bridgehead atoms. The molecule has 0 atom stereocenters. The number of hydrogen-bond donors (Lipinski definition) is 1. The van der Waals surface area contributed by atoms with Crippen LogP contribution in [0.5, 0.6) is 0 Å². The fourth-order valence-electron chi connectivity index (χ4n) is 0.661. The van der Waals surface area contributed by atoms with Gasteiger partial charge in [0.1, 0.15) is 0 Å². The molecule has 0 aromatic heterocycles. The summed E-state index contributed by atoms with van der Waals surface area (Å²) in [6.07, 6.45) is 3.33. The Balaban J connectivity index is -0.000000245. The maximum absolute atomic E-state index is 5.43. The minimum atomic E-state index is 0.551. The van der Waals surface area contributed by atoms with E-state index in [0.29, 0.717) is 10.9 Å². The number of nitrogens with two attached hydrogens (primary N) is 1. The van der Waals surface area contributed by atoms with Crippen LogP contribution in [-0.4, -0.2) is 0 Å². The van der Waals surface area contributed by atoms with Crippen molar-refractivity contribution in [3.63, 3.8) is 0 Å². The third-order valence-electron chi connectivity index (χ3n) is 1.10. The minimum Gasteiger partial charge on any atom is -0.394 e. The second-order valence-electron chi connectivity index (χ2n) is 3.12. The molecule has 2 heteroatoms. The lowest BCUT2D eigenvalue weighted by Gasteiger charge is -2.08. The van der Waals surface area contributed by atoms with Crippen molar-refractivity contribution in [3.05, 3.63) is 22.6 Å². The van der Waals surface area contributed by atoms with Crippen LogP contribution in [0.1, 0.15) is 54.9 Å². The molecule has 0 heterocycles. The maximum Gasteiger partial charge on any atom is 0.0627 e. The van der Waals surface area contributed by atoms with Crippen LogP contribution in [0.15, 0.2) is 22.6 Å². The zero-order chi connectivity index (χ0) is 12.9. The van der Waals surface area contributed by atoms with Gasteiger partial charge in [-0.25, -0.2) is 0 Å². The second-order valence-corrected chi connectivity index (χ2v) is 4.32. The summed E-state index contributed by atoms with van der Waals surface area (Å²) in [5.74, 6) is 0.551. The monoisotopic (exact) mass is 231 g/mol. The first-order valence-electron chi connectivity index (χ1n) is 5.77. The van der Waals surface area contributed by atoms with Crippen molar-refractivity contribution in [3.8, 4) is 0 Å². The summed E-state index contributed by atoms with van der Waals surface area (Å²) in [4.78, 5) is 1.28. The molecule has 0 aliphatic carbocycles. The van der Waals surface area contributed by atoms with Crippen molar-refractivity contribution in [2.45, 2.75) is 54.9 Å². The smallest absolute Gasteiger partial charge is 0.0627 e. The van der Waals surface area contributed by atoms with Crippen LogP contribution < -0.4 is 5.73 Å². The Hall–Kier alpha value is -0.370. The molecule has 0 saturated heterocycles. The van der Waals surface area contributed by atoms with Crippen LogP contribution in [0.4, 0.5) is 0 Å². The lowest BCUT2D eigenvalue weighted by molar-refractivity contribution is 0.815. The highest BCUT2D eigenvalue weighted by Gasteiger charge is 2.01. The van der Waals surface area contributed by atoms with Gasteiger partial charge in [-0.2, -0.15) is 0 Å². The van der Waals surface area contributed by atoms with E-state index in [1.807, 2.05) is 20.8 Å². The van der Waals surface area contributed by atoms with Gasteiger partial charge in [-0.1, -0.05) is 72.4 Å². The van der Waals surface area contributed by atoms with Gasteiger partial charge in [-0.15, -0.1) is 0 Å². The SMILES string of the molecule is C=C(N)S/C(=C/C)C(C)C.CC.CCC. The van der Waals surface area contributed by atoms with Crippen molar-refractivity contribution in [2.24, 2.45) is 11.7 Å². The van der Waals surface area contributed by atoms with Gasteiger partial charge < -0.3 is 5.73 Å². The van der Waals surface area contributed by atoms with Crippen LogP contribution >= 0.6 is 11.8 Å². The van der Waals surface area contributed by atoms with E-state index >= 15 is 0 Å². The van der Waals surface area contributed by atoms with Crippen LogP contribution in [0, 0.1) is 5.92 Å². The highest BCUT2D eigenvalue weighted by molar-refractivity contribution is 8.06. The van der Waals surface area contributed by atoms with Crippen LogP contribution in [0.25, 0.3) is 0 Å². The maximum atomic E-state index is 5.43. The molecule has 0 aliphatic heterocycles. The van der Waals surface area contributed by atoms with Gasteiger partial charge in [0, 0.05) is 0 Å². The molecule has 0 saturated carbocycles. The number of allylic oxidation sites excluding steroid dienone is 2. The molecule has 0 unspecified atom stereocenters. The normalized spacial score (nSPS) is 9.73. The van der Waals surface area contributed by atoms with Gasteiger partial charge in [0.05, 0.1) is 5.03 Å². The first-order valence-corrected chi connectivity index (χ1v) is 6.59. The summed E-state index contributed by atoms with van der Waals surface area (Å²) in [7, 11) is 0. The van der Waals surface area contributed by atoms with E-state index in [1.54, 1.807) is 11.8 Å². The summed E-state index contributed by atoms with van der Waals surface area (Å²) >= 11 is 1.55. The highest BCUT2D eigenvalue weighted by Crippen LogP contribution is 2.26. The van der Waals surface area contributed by atoms with Crippen molar-refractivity contribution >= 4 is 11.8 Å². The standard InChI is InChI=1S/C8H15NS.C3H8.C2H6/c1-5-8(6(2)3)10-7(4)9;1-3-2;1-2/h5-6H,4,9H2,1-3H3;3H2,1-2H3;1-2H3/b8-5+;;. The molecule has 2 N–H and O–H groups in total. The molecule has 0 spiro atoms. The van der Waals surface area contributed by atoms with Gasteiger partial charge in [0.15, 0.2) is 0 Å². The van der Waals surface area contributed by atoms with Crippen LogP contribution in [0.2, 0.25) is 0 Å². The molecule has 1 nitrogen and oxygen atoms in total. The van der Waals surface area contributed by atoms with Gasteiger partial charge in [0.25, 0.3) is 0 Å². The predicted molar refractivity (Wildman–Crippen MR) is 76.8 cm³/mol. The largest absolute Gasteiger partial charge is 0.394 e. The second kappa shape index (κ2) is 16.1. The summed E-state index contributed by atoms with van der Waals surface area (Å²) in [6, 6.07) is 0. The Labute approximate surface area is 101 Å². The summed E-state index contributed by atoms with van der Waals surface area (Å²) in [5, 5.41) is 0.668. The summed E-state index contributed by atoms with van der Waals surface area (Å²) in [6.45, 7) is 18.2. The minimum absolute atomic E-state index is 0.551. The van der Waals surface area contributed by atoms with Crippen molar-refractivity contribution < 1.29 is 0 Å². The fraction of sp³-hybridized carbons (Fsp3) is 0.692. The Morgan fingerprint density at radius 3 is 1.73 bits per heavy atom. The van der Waals surface area contributed by atoms with E-state index in [4.69, 9.17) is 5.73 Å². The highest BCUT2D eigenvalue weighted by atomic mass is 32.2. The summed E-state index contributed by atoms with van der Waals surface area (Å²) in [5.41, 5.74) is 5.43. The van der Waals surface area contributed by atoms with E-state index in [9.17, 15) is 0 Å². The van der Waals surface area contributed by atoms with Gasteiger partial charge >= 0.3 is 0 Å². The van der Waals surface area contributed by atoms with Crippen molar-refractivity contribution in [2.75, 3.05) is 0 Å². The molecule has 0 amide bonds. The van der Waals surface area contributed by atoms with Crippen molar-refractivity contribution in [1.82, 2.24) is 0 Å². The third-order valence-corrected chi connectivity index (χ3v) is 2.31. The average Bonchev–Trinajstić information content (AvgIpc) is 2.18. The third kappa shape index (κ3) is 19.9. The number of thioether (sulfide) groups is 1. The van der Waals surface area contributed by atoms with E-state index in [-0.39, 0.29) is 0 Å². The van der Waals surface area contributed by atoms with Crippen molar-refractivity contribution in [1.29, 1.82) is 0 Å². The average molecular weight is 231 g/mol. The molecule has 92 valence electrons. The van der Waals surface area contributed by atoms with E-state index in [1.165, 1.54) is 11.3 Å². The molecule has 15 heavy (non-hydrogen) atoms. The first kappa shape index (κ1) is 20.1. The molecule has 0 rings (SSSR count). The lowest BCUT2D eigenvalue weighted by atomic mass is 10.2. The topological polar surface area (TPSA) is 26.0 Å². The molecule has 0 aliphatic rings. The summed E-state index contributed by atoms with van der Waals surface area (Å²) < 4.78 is 0. The van der Waals surface area contributed by atoms with E-state index < -0.39 is 0 Å². The first-order chi connectivity index (χ1) is 6.99. The Bertz CT molecular complexity index is 160. The Kier molecular flexibility index (Phi) is 21.5. The van der Waals surface area contributed by atoms with Gasteiger partial charge in [-0.3, -0.25) is 0 Å². The molecule has 0 radical (unpaired) electrons. The Morgan fingerprint density at radius 1 is 1.33 bits per heavy atom. The fourth-order valence-corrected chi connectivity index (χ4v) is 1.32. The van der Waals surface area contributed by atoms with E-state index in [0.717, 1.165) is 0 Å². The van der Waals surface area contributed by atoms with Gasteiger partial charge in [-0.05, 0) is 17.7 Å². The zero-order valence-electron chi connectivity index (χ0n) is 11.6. The number of rotatable bonds is 3. The molecule has 0 aromatic rings. The molecule has 0 aromatic carbocycles. The lowest BCUT2D eigenvalue weighted by Crippen LogP contribution is -1.94. The van der Waals surface area contributed by atoms with Crippen LogP contribution in [0.3, 0.4) is 0 Å². The molecular formula is C13H29NS. The Morgan fingerprint density at radius 2 is 1.67 bits per heavy atom.